The zero-order valence-corrected chi connectivity index (χ0v) is 35.5. The molecule has 0 aliphatic carbocycles. The molecule has 0 aliphatic rings. The van der Waals surface area contributed by atoms with Crippen LogP contribution in [0, 0.1) is 0 Å². The van der Waals surface area contributed by atoms with Crippen LogP contribution in [0.5, 0.6) is 0 Å². The molecule has 332 valence electrons. The molecule has 13 heteroatoms. The Morgan fingerprint density at radius 3 is 0.712 bits per heavy atom. The summed E-state index contributed by atoms with van der Waals surface area (Å²) in [4.78, 5) is 0. The molecule has 0 aromatic heterocycles. The molecule has 13 nitrogen and oxygen atoms in total. The van der Waals surface area contributed by atoms with Crippen LogP contribution in [0.15, 0.2) is 91.0 Å². The van der Waals surface area contributed by atoms with Gasteiger partial charge >= 0.3 is 0 Å². The molecule has 0 unspecified atom stereocenters. The first kappa shape index (κ1) is 50.5. The second-order valence-corrected chi connectivity index (χ2v) is 13.3. The summed E-state index contributed by atoms with van der Waals surface area (Å²) >= 11 is 0. The van der Waals surface area contributed by atoms with Crippen molar-refractivity contribution in [3.05, 3.63) is 108 Å². The number of rotatable bonds is 41. The molecule has 0 atom stereocenters. The Morgan fingerprint density at radius 2 is 0.492 bits per heavy atom. The van der Waals surface area contributed by atoms with E-state index in [-0.39, 0.29) is 6.10 Å². The SMILES string of the molecule is CC(C)OCCOCCOCCOCCOCCOCCOCCOCCOCCOCCOCCOCCOC(c1ccccc1)(c1ccccc1)c1ccccc1. The van der Waals surface area contributed by atoms with Crippen LogP contribution in [0.2, 0.25) is 0 Å². The van der Waals surface area contributed by atoms with E-state index < -0.39 is 5.60 Å². The monoisotopic (exact) mass is 830 g/mol. The van der Waals surface area contributed by atoms with Gasteiger partial charge in [-0.15, -0.1) is 0 Å². The van der Waals surface area contributed by atoms with Crippen LogP contribution >= 0.6 is 0 Å². The summed E-state index contributed by atoms with van der Waals surface area (Å²) in [5, 5.41) is 0. The van der Waals surface area contributed by atoms with E-state index in [0.29, 0.717) is 159 Å². The van der Waals surface area contributed by atoms with Crippen LogP contribution in [0.1, 0.15) is 30.5 Å². The van der Waals surface area contributed by atoms with Crippen LogP contribution in [0.25, 0.3) is 0 Å². The van der Waals surface area contributed by atoms with Crippen LogP contribution in [0.3, 0.4) is 0 Å². The lowest BCUT2D eigenvalue weighted by Crippen LogP contribution is -2.34. The van der Waals surface area contributed by atoms with E-state index in [1.165, 1.54) is 0 Å². The van der Waals surface area contributed by atoms with Crippen molar-refractivity contribution >= 4 is 0 Å². The quantitative estimate of drug-likeness (QED) is 0.0522. The minimum Gasteiger partial charge on any atom is -0.377 e. The van der Waals surface area contributed by atoms with Crippen LogP contribution in [-0.2, 0) is 67.2 Å². The molecule has 0 bridgehead atoms. The summed E-state index contributed by atoms with van der Waals surface area (Å²) < 4.78 is 73.3. The van der Waals surface area contributed by atoms with Gasteiger partial charge < -0.3 is 61.6 Å². The van der Waals surface area contributed by atoms with Crippen LogP contribution in [-0.4, -0.2) is 165 Å². The Hall–Kier alpha value is -2.86. The molecule has 59 heavy (non-hydrogen) atoms. The Balaban J connectivity index is 1.02. The van der Waals surface area contributed by atoms with Crippen LogP contribution < -0.4 is 0 Å². The molecule has 0 spiro atoms. The van der Waals surface area contributed by atoms with Gasteiger partial charge in [0.05, 0.1) is 165 Å². The molecule has 0 amide bonds. The van der Waals surface area contributed by atoms with Gasteiger partial charge in [0.1, 0.15) is 5.60 Å². The maximum atomic E-state index is 6.73. The lowest BCUT2D eigenvalue weighted by molar-refractivity contribution is -0.0399. The highest BCUT2D eigenvalue weighted by Gasteiger charge is 2.37. The smallest absolute Gasteiger partial charge is 0.143 e. The predicted octanol–water partition coefficient (Wildman–Crippen LogP) is 5.60. The van der Waals surface area contributed by atoms with Crippen molar-refractivity contribution in [2.45, 2.75) is 25.6 Å². The first-order chi connectivity index (χ1) is 29.2. The number of hydrogen-bond donors (Lipinski definition) is 0. The Bertz CT molecular complexity index is 1220. The summed E-state index contributed by atoms with van der Waals surface area (Å²) in [7, 11) is 0. The van der Waals surface area contributed by atoms with Gasteiger partial charge in [-0.25, -0.2) is 0 Å². The molecule has 0 N–H and O–H groups in total. The van der Waals surface area contributed by atoms with Gasteiger partial charge in [0.2, 0.25) is 0 Å². The fourth-order valence-electron chi connectivity index (χ4n) is 5.67. The topological polar surface area (TPSA) is 120 Å². The van der Waals surface area contributed by atoms with E-state index in [2.05, 4.69) is 36.4 Å². The summed E-state index contributed by atoms with van der Waals surface area (Å²) in [6, 6.07) is 31.0. The predicted molar refractivity (Wildman–Crippen MR) is 225 cm³/mol. The fraction of sp³-hybridized carbons (Fsp3) is 0.609. The Morgan fingerprint density at radius 1 is 0.288 bits per heavy atom. The van der Waals surface area contributed by atoms with E-state index in [1.54, 1.807) is 0 Å². The minimum absolute atomic E-state index is 0.227. The first-order valence-electron chi connectivity index (χ1n) is 21.0. The molecule has 0 radical (unpaired) electrons. The van der Waals surface area contributed by atoms with Crippen molar-refractivity contribution in [3.8, 4) is 0 Å². The summed E-state index contributed by atoms with van der Waals surface area (Å²) in [6.45, 7) is 16.2. The standard InChI is InChI=1S/C46H70O13/c1-42(2)58-40-38-56-36-34-54-32-30-52-28-26-50-24-22-48-20-18-47-19-21-49-23-25-51-27-29-53-31-33-55-35-37-57-39-41-59-46(43-12-6-3-7-13-43,44-14-8-4-9-15-44)45-16-10-5-11-17-45/h3-17,42H,18-41H2,1-2H3. The largest absolute Gasteiger partial charge is 0.377 e. The van der Waals surface area contributed by atoms with Crippen molar-refractivity contribution < 1.29 is 61.6 Å². The lowest BCUT2D eigenvalue weighted by Gasteiger charge is -2.36. The van der Waals surface area contributed by atoms with Crippen molar-refractivity contribution in [2.24, 2.45) is 0 Å². The van der Waals surface area contributed by atoms with Crippen molar-refractivity contribution in [1.29, 1.82) is 0 Å². The first-order valence-corrected chi connectivity index (χ1v) is 21.0. The normalized spacial score (nSPS) is 11.8. The summed E-state index contributed by atoms with van der Waals surface area (Å²) in [6.07, 6.45) is 0.227. The molecule has 0 heterocycles. The molecular weight excluding hydrogens is 760 g/mol. The lowest BCUT2D eigenvalue weighted by atomic mass is 9.80. The van der Waals surface area contributed by atoms with E-state index in [1.807, 2.05) is 68.4 Å². The molecule has 3 rings (SSSR count). The average molecular weight is 831 g/mol. The second-order valence-electron chi connectivity index (χ2n) is 13.3. The van der Waals surface area contributed by atoms with Gasteiger partial charge in [-0.05, 0) is 30.5 Å². The zero-order chi connectivity index (χ0) is 41.6. The van der Waals surface area contributed by atoms with Gasteiger partial charge in [-0.2, -0.15) is 0 Å². The molecule has 0 aliphatic heterocycles. The highest BCUT2D eigenvalue weighted by Crippen LogP contribution is 2.40. The highest BCUT2D eigenvalue weighted by atomic mass is 16.6. The Kier molecular flexibility index (Phi) is 30.7. The third kappa shape index (κ3) is 24.2. The molecule has 3 aromatic carbocycles. The Labute approximate surface area is 352 Å². The van der Waals surface area contributed by atoms with Crippen molar-refractivity contribution in [1.82, 2.24) is 0 Å². The van der Waals surface area contributed by atoms with Crippen LogP contribution in [0.4, 0.5) is 0 Å². The summed E-state index contributed by atoms with van der Waals surface area (Å²) in [5.74, 6) is 0. The third-order valence-corrected chi connectivity index (χ3v) is 8.49. The van der Waals surface area contributed by atoms with Crippen molar-refractivity contribution in [3.63, 3.8) is 0 Å². The van der Waals surface area contributed by atoms with E-state index >= 15 is 0 Å². The second kappa shape index (κ2) is 35.9. The molecule has 0 saturated carbocycles. The number of hydrogen-bond acceptors (Lipinski definition) is 13. The number of benzene rings is 3. The molecule has 0 fully saturated rings. The van der Waals surface area contributed by atoms with Gasteiger partial charge in [0, 0.05) is 0 Å². The molecular formula is C46H70O13. The van der Waals surface area contributed by atoms with E-state index in [0.717, 1.165) is 16.7 Å². The molecule has 3 aromatic rings. The van der Waals surface area contributed by atoms with Gasteiger partial charge in [-0.1, -0.05) is 91.0 Å². The maximum absolute atomic E-state index is 6.73. The molecule has 0 saturated heterocycles. The minimum atomic E-state index is -0.753. The van der Waals surface area contributed by atoms with Gasteiger partial charge in [-0.3, -0.25) is 0 Å². The van der Waals surface area contributed by atoms with E-state index in [9.17, 15) is 0 Å². The maximum Gasteiger partial charge on any atom is 0.143 e. The van der Waals surface area contributed by atoms with Gasteiger partial charge in [0.15, 0.2) is 0 Å². The highest BCUT2D eigenvalue weighted by molar-refractivity contribution is 5.47. The third-order valence-electron chi connectivity index (χ3n) is 8.49. The summed E-state index contributed by atoms with van der Waals surface area (Å²) in [5.41, 5.74) is 2.45. The van der Waals surface area contributed by atoms with E-state index in [4.69, 9.17) is 61.6 Å². The zero-order valence-electron chi connectivity index (χ0n) is 35.5. The fourth-order valence-corrected chi connectivity index (χ4v) is 5.67. The number of ether oxygens (including phenoxy) is 13. The van der Waals surface area contributed by atoms with Crippen molar-refractivity contribution in [2.75, 3.05) is 159 Å². The average Bonchev–Trinajstić information content (AvgIpc) is 3.27. The van der Waals surface area contributed by atoms with Gasteiger partial charge in [0.25, 0.3) is 0 Å².